The first kappa shape index (κ1) is 13.3. The number of nitrogens with one attached hydrogen (secondary N) is 2. The van der Waals surface area contributed by atoms with E-state index in [4.69, 9.17) is 23.2 Å². The normalized spacial score (nSPS) is 12.7. The summed E-state index contributed by atoms with van der Waals surface area (Å²) in [6.07, 6.45) is 3.52. The third kappa shape index (κ3) is 3.02. The van der Waals surface area contributed by atoms with E-state index in [-0.39, 0.29) is 11.1 Å². The van der Waals surface area contributed by atoms with Gasteiger partial charge in [0, 0.05) is 29.4 Å². The molecule has 0 amide bonds. The van der Waals surface area contributed by atoms with Crippen LogP contribution in [0.5, 0.6) is 0 Å². The Balaban J connectivity index is 2.09. The molecule has 1 unspecified atom stereocenters. The number of halogens is 3. The number of H-pyrrole nitrogens is 1. The maximum absolute atomic E-state index is 13.4. The molecule has 0 fully saturated rings. The zero-order valence-electron chi connectivity index (χ0n) is 9.67. The van der Waals surface area contributed by atoms with Crippen LogP contribution in [0.25, 0.3) is 0 Å². The minimum atomic E-state index is -0.465. The molecule has 0 aliphatic carbocycles. The summed E-state index contributed by atoms with van der Waals surface area (Å²) in [6, 6.07) is 2.70. The first-order valence-electron chi connectivity index (χ1n) is 5.43. The van der Waals surface area contributed by atoms with Crippen LogP contribution in [0, 0.1) is 5.82 Å². The second-order valence-corrected chi connectivity index (χ2v) is 4.81. The lowest BCUT2D eigenvalue weighted by Gasteiger charge is -2.15. The average molecular weight is 288 g/mol. The molecule has 0 aliphatic heterocycles. The highest BCUT2D eigenvalue weighted by atomic mass is 35.5. The number of rotatable bonds is 4. The maximum atomic E-state index is 13.4. The highest BCUT2D eigenvalue weighted by molar-refractivity contribution is 6.35. The van der Waals surface area contributed by atoms with Gasteiger partial charge in [0.05, 0.1) is 11.2 Å². The summed E-state index contributed by atoms with van der Waals surface area (Å²) in [5.41, 5.74) is 1.70. The SMILES string of the molecule is CC(NCc1cn[nH]c1)c1cc(F)c(Cl)cc1Cl. The van der Waals surface area contributed by atoms with E-state index in [1.54, 1.807) is 12.4 Å². The van der Waals surface area contributed by atoms with Crippen LogP contribution in [-0.4, -0.2) is 10.2 Å². The van der Waals surface area contributed by atoms with Crippen LogP contribution in [-0.2, 0) is 6.54 Å². The standard InChI is InChI=1S/C12H12Cl2FN3/c1-7(16-4-8-5-17-18-6-8)9-2-12(15)11(14)3-10(9)13/h2-3,5-7,16H,4H2,1H3,(H,17,18). The van der Waals surface area contributed by atoms with Crippen LogP contribution in [0.1, 0.15) is 24.1 Å². The summed E-state index contributed by atoms with van der Waals surface area (Å²) in [6.45, 7) is 2.53. The molecule has 0 radical (unpaired) electrons. The number of aromatic amines is 1. The van der Waals surface area contributed by atoms with Crippen molar-refractivity contribution in [3.8, 4) is 0 Å². The lowest BCUT2D eigenvalue weighted by molar-refractivity contribution is 0.565. The Morgan fingerprint density at radius 1 is 1.39 bits per heavy atom. The van der Waals surface area contributed by atoms with Gasteiger partial charge in [0.2, 0.25) is 0 Å². The van der Waals surface area contributed by atoms with Crippen LogP contribution >= 0.6 is 23.2 Å². The minimum Gasteiger partial charge on any atom is -0.306 e. The van der Waals surface area contributed by atoms with Crippen molar-refractivity contribution in [1.82, 2.24) is 15.5 Å². The van der Waals surface area contributed by atoms with E-state index in [0.29, 0.717) is 17.1 Å². The predicted octanol–water partition coefficient (Wildman–Crippen LogP) is 3.71. The van der Waals surface area contributed by atoms with Crippen LogP contribution in [0.2, 0.25) is 10.0 Å². The summed E-state index contributed by atoms with van der Waals surface area (Å²) in [4.78, 5) is 0. The van der Waals surface area contributed by atoms with Crippen LogP contribution in [0.15, 0.2) is 24.5 Å². The number of nitrogens with zero attached hydrogens (tertiary/aromatic N) is 1. The minimum absolute atomic E-state index is 0.0331. The van der Waals surface area contributed by atoms with E-state index in [1.165, 1.54) is 12.1 Å². The Hall–Kier alpha value is -1.10. The van der Waals surface area contributed by atoms with E-state index >= 15 is 0 Å². The fourth-order valence-corrected chi connectivity index (χ4v) is 2.17. The fourth-order valence-electron chi connectivity index (χ4n) is 1.62. The summed E-state index contributed by atoms with van der Waals surface area (Å²) >= 11 is 11.7. The van der Waals surface area contributed by atoms with E-state index in [9.17, 15) is 4.39 Å². The Bertz CT molecular complexity index is 528. The molecular weight excluding hydrogens is 276 g/mol. The van der Waals surface area contributed by atoms with Crippen molar-refractivity contribution in [3.63, 3.8) is 0 Å². The maximum Gasteiger partial charge on any atom is 0.142 e. The summed E-state index contributed by atoms with van der Waals surface area (Å²) in [5, 5.41) is 10.3. The van der Waals surface area contributed by atoms with Crippen molar-refractivity contribution in [1.29, 1.82) is 0 Å². The predicted molar refractivity (Wildman–Crippen MR) is 70.3 cm³/mol. The molecule has 0 saturated heterocycles. The molecule has 0 aliphatic rings. The van der Waals surface area contributed by atoms with Crippen molar-refractivity contribution in [2.75, 3.05) is 0 Å². The van der Waals surface area contributed by atoms with Crippen LogP contribution in [0.4, 0.5) is 4.39 Å². The molecular formula is C12H12Cl2FN3. The fraction of sp³-hybridized carbons (Fsp3) is 0.250. The molecule has 2 N–H and O–H groups in total. The summed E-state index contributed by atoms with van der Waals surface area (Å²) in [7, 11) is 0. The molecule has 2 aromatic rings. The average Bonchev–Trinajstić information content (AvgIpc) is 2.84. The monoisotopic (exact) mass is 287 g/mol. The molecule has 96 valence electrons. The van der Waals surface area contributed by atoms with Gasteiger partial charge in [-0.1, -0.05) is 23.2 Å². The zero-order chi connectivity index (χ0) is 13.1. The number of aromatic nitrogens is 2. The van der Waals surface area contributed by atoms with E-state index in [2.05, 4.69) is 15.5 Å². The van der Waals surface area contributed by atoms with Crippen molar-refractivity contribution in [2.45, 2.75) is 19.5 Å². The molecule has 0 spiro atoms. The van der Waals surface area contributed by atoms with E-state index < -0.39 is 5.82 Å². The highest BCUT2D eigenvalue weighted by Gasteiger charge is 2.13. The molecule has 3 nitrogen and oxygen atoms in total. The smallest absolute Gasteiger partial charge is 0.142 e. The van der Waals surface area contributed by atoms with Crippen molar-refractivity contribution < 1.29 is 4.39 Å². The van der Waals surface area contributed by atoms with Gasteiger partial charge in [-0.05, 0) is 24.6 Å². The van der Waals surface area contributed by atoms with Crippen molar-refractivity contribution in [3.05, 3.63) is 51.5 Å². The second kappa shape index (κ2) is 5.69. The molecule has 1 atom stereocenters. The summed E-state index contributed by atoms with van der Waals surface area (Å²) < 4.78 is 13.4. The second-order valence-electron chi connectivity index (χ2n) is 4.00. The molecule has 0 saturated carbocycles. The molecule has 1 heterocycles. The first-order chi connectivity index (χ1) is 8.58. The lowest BCUT2D eigenvalue weighted by Crippen LogP contribution is -2.18. The lowest BCUT2D eigenvalue weighted by atomic mass is 10.1. The molecule has 6 heteroatoms. The number of benzene rings is 1. The topological polar surface area (TPSA) is 40.7 Å². The Kier molecular flexibility index (Phi) is 4.22. The van der Waals surface area contributed by atoms with E-state index in [0.717, 1.165) is 5.56 Å². The molecule has 0 bridgehead atoms. The van der Waals surface area contributed by atoms with Gasteiger partial charge in [-0.3, -0.25) is 5.10 Å². The number of hydrogen-bond acceptors (Lipinski definition) is 2. The largest absolute Gasteiger partial charge is 0.306 e. The Morgan fingerprint density at radius 2 is 2.17 bits per heavy atom. The van der Waals surface area contributed by atoms with Gasteiger partial charge in [-0.15, -0.1) is 0 Å². The number of hydrogen-bond donors (Lipinski definition) is 2. The molecule has 2 rings (SSSR count). The van der Waals surface area contributed by atoms with Gasteiger partial charge in [0.1, 0.15) is 5.82 Å². The van der Waals surface area contributed by atoms with Gasteiger partial charge < -0.3 is 5.32 Å². The van der Waals surface area contributed by atoms with Gasteiger partial charge in [-0.2, -0.15) is 5.10 Å². The third-order valence-corrected chi connectivity index (χ3v) is 3.29. The Morgan fingerprint density at radius 3 is 2.83 bits per heavy atom. The first-order valence-corrected chi connectivity index (χ1v) is 6.19. The molecule has 1 aromatic carbocycles. The van der Waals surface area contributed by atoms with Gasteiger partial charge in [0.15, 0.2) is 0 Å². The molecule has 18 heavy (non-hydrogen) atoms. The van der Waals surface area contributed by atoms with Gasteiger partial charge in [-0.25, -0.2) is 4.39 Å². The van der Waals surface area contributed by atoms with Gasteiger partial charge in [0.25, 0.3) is 0 Å². The van der Waals surface area contributed by atoms with Crippen molar-refractivity contribution >= 4 is 23.2 Å². The van der Waals surface area contributed by atoms with E-state index in [1.807, 2.05) is 6.92 Å². The third-order valence-electron chi connectivity index (χ3n) is 2.67. The quantitative estimate of drug-likeness (QED) is 0.842. The molecule has 1 aromatic heterocycles. The van der Waals surface area contributed by atoms with Crippen LogP contribution in [0.3, 0.4) is 0 Å². The van der Waals surface area contributed by atoms with Gasteiger partial charge >= 0.3 is 0 Å². The Labute approximate surface area is 114 Å². The van der Waals surface area contributed by atoms with Crippen molar-refractivity contribution in [2.24, 2.45) is 0 Å². The van der Waals surface area contributed by atoms with Crippen LogP contribution < -0.4 is 5.32 Å². The highest BCUT2D eigenvalue weighted by Crippen LogP contribution is 2.28. The zero-order valence-corrected chi connectivity index (χ0v) is 11.2. The summed E-state index contributed by atoms with van der Waals surface area (Å²) in [5.74, 6) is -0.465.